The molecule has 0 N–H and O–H groups in total. The average molecular weight is 313 g/mol. The molecule has 113 valence electrons. The molecule has 1 saturated heterocycles. The number of hydrogen-bond donors (Lipinski definition) is 0. The number of nitrogens with zero attached hydrogens (tertiary/aromatic N) is 1. The van der Waals surface area contributed by atoms with Crippen LogP contribution in [0.1, 0.15) is 24.0 Å². The maximum atomic E-state index is 11.7. The van der Waals surface area contributed by atoms with Crippen LogP contribution in [-0.4, -0.2) is 24.3 Å². The number of halogens is 1. The van der Waals surface area contributed by atoms with Crippen LogP contribution in [0.5, 0.6) is 0 Å². The number of hydrogen-bond acceptors (Lipinski definition) is 2. The molecular formula is C19H19ClNO. The molecule has 2 nitrogen and oxygen atoms in total. The Bertz CT molecular complexity index is 616. The number of piperidine rings is 1. The molecule has 2 aromatic carbocycles. The summed E-state index contributed by atoms with van der Waals surface area (Å²) in [6.45, 7) is 2.76. The molecule has 0 amide bonds. The van der Waals surface area contributed by atoms with Crippen molar-refractivity contribution in [2.75, 3.05) is 13.1 Å². The van der Waals surface area contributed by atoms with Gasteiger partial charge in [0.1, 0.15) is 0 Å². The third-order valence-corrected chi connectivity index (χ3v) is 4.80. The molecule has 0 spiro atoms. The first-order valence-corrected chi connectivity index (χ1v) is 8.01. The van der Waals surface area contributed by atoms with Gasteiger partial charge in [0, 0.05) is 11.6 Å². The first-order valence-electron chi connectivity index (χ1n) is 7.63. The number of benzene rings is 2. The normalized spacial score (nSPS) is 18.0. The quantitative estimate of drug-likeness (QED) is 0.851. The lowest BCUT2D eigenvalue weighted by molar-refractivity contribution is 0.182. The zero-order chi connectivity index (χ0) is 15.4. The highest BCUT2D eigenvalue weighted by Gasteiger charge is 2.36. The van der Waals surface area contributed by atoms with Crippen molar-refractivity contribution >= 4 is 17.9 Å². The zero-order valence-corrected chi connectivity index (χ0v) is 13.2. The Morgan fingerprint density at radius 1 is 1.00 bits per heavy atom. The molecule has 22 heavy (non-hydrogen) atoms. The molecule has 1 aliphatic rings. The van der Waals surface area contributed by atoms with Crippen LogP contribution in [-0.2, 0) is 16.8 Å². The SMILES string of the molecule is O=[C]C1(c2ccc(Cl)cc2)CCN(Cc2ccccc2)CC1. The Morgan fingerprint density at radius 2 is 1.64 bits per heavy atom. The van der Waals surface area contributed by atoms with E-state index < -0.39 is 5.41 Å². The maximum Gasteiger partial charge on any atom is 0.209 e. The molecular weight excluding hydrogens is 294 g/mol. The van der Waals surface area contributed by atoms with E-state index in [-0.39, 0.29) is 0 Å². The smallest absolute Gasteiger partial charge is 0.209 e. The minimum atomic E-state index is -0.474. The minimum Gasteiger partial charge on any atom is -0.299 e. The summed E-state index contributed by atoms with van der Waals surface area (Å²) in [6, 6.07) is 18.1. The van der Waals surface area contributed by atoms with Gasteiger partial charge in [0.25, 0.3) is 0 Å². The molecule has 2 aromatic rings. The minimum absolute atomic E-state index is 0.474. The topological polar surface area (TPSA) is 20.3 Å². The summed E-state index contributed by atoms with van der Waals surface area (Å²) in [5, 5.41) is 0.700. The highest BCUT2D eigenvalue weighted by Crippen LogP contribution is 2.34. The highest BCUT2D eigenvalue weighted by molar-refractivity contribution is 6.30. The largest absolute Gasteiger partial charge is 0.299 e. The van der Waals surface area contributed by atoms with Gasteiger partial charge in [-0.1, -0.05) is 54.1 Å². The van der Waals surface area contributed by atoms with Crippen molar-refractivity contribution in [2.45, 2.75) is 24.8 Å². The zero-order valence-electron chi connectivity index (χ0n) is 12.5. The summed E-state index contributed by atoms with van der Waals surface area (Å²) in [7, 11) is 0. The molecule has 1 fully saturated rings. The van der Waals surface area contributed by atoms with Gasteiger partial charge >= 0.3 is 0 Å². The molecule has 0 saturated carbocycles. The number of rotatable bonds is 4. The van der Waals surface area contributed by atoms with E-state index >= 15 is 0 Å². The van der Waals surface area contributed by atoms with Gasteiger partial charge in [-0.2, -0.15) is 0 Å². The van der Waals surface area contributed by atoms with Gasteiger partial charge in [0.2, 0.25) is 6.29 Å². The van der Waals surface area contributed by atoms with Crippen molar-refractivity contribution in [2.24, 2.45) is 0 Å². The monoisotopic (exact) mass is 312 g/mol. The maximum absolute atomic E-state index is 11.7. The Kier molecular flexibility index (Phi) is 4.60. The Hall–Kier alpha value is -1.64. The van der Waals surface area contributed by atoms with Crippen molar-refractivity contribution in [1.82, 2.24) is 4.90 Å². The molecule has 0 atom stereocenters. The second kappa shape index (κ2) is 6.64. The fourth-order valence-corrected chi connectivity index (χ4v) is 3.28. The molecule has 3 heteroatoms. The van der Waals surface area contributed by atoms with Gasteiger partial charge < -0.3 is 0 Å². The van der Waals surface area contributed by atoms with Gasteiger partial charge in [-0.15, -0.1) is 0 Å². The Balaban J connectivity index is 1.68. The van der Waals surface area contributed by atoms with E-state index in [1.807, 2.05) is 30.3 Å². The summed E-state index contributed by atoms with van der Waals surface area (Å²) >= 11 is 5.95. The van der Waals surface area contributed by atoms with Crippen LogP contribution >= 0.6 is 11.6 Å². The predicted octanol–water partition coefficient (Wildman–Crippen LogP) is 3.98. The first-order chi connectivity index (χ1) is 10.7. The predicted molar refractivity (Wildman–Crippen MR) is 89.8 cm³/mol. The van der Waals surface area contributed by atoms with E-state index in [9.17, 15) is 4.79 Å². The standard InChI is InChI=1S/C19H19ClNO/c20-18-8-6-17(7-9-18)19(15-22)10-12-21(13-11-19)14-16-4-2-1-3-5-16/h1-9H,10-14H2. The molecule has 1 aliphatic heterocycles. The summed E-state index contributed by atoms with van der Waals surface area (Å²) in [5.74, 6) is 0. The van der Waals surface area contributed by atoms with Gasteiger partial charge in [-0.3, -0.25) is 9.69 Å². The Labute approximate surface area is 136 Å². The van der Waals surface area contributed by atoms with E-state index in [1.165, 1.54) is 5.56 Å². The van der Waals surface area contributed by atoms with Crippen LogP contribution in [0.25, 0.3) is 0 Å². The van der Waals surface area contributed by atoms with E-state index in [2.05, 4.69) is 35.5 Å². The summed E-state index contributed by atoms with van der Waals surface area (Å²) < 4.78 is 0. The van der Waals surface area contributed by atoms with Crippen molar-refractivity contribution in [3.05, 3.63) is 70.7 Å². The van der Waals surface area contributed by atoms with E-state index in [0.717, 1.165) is 38.0 Å². The molecule has 0 bridgehead atoms. The molecule has 3 rings (SSSR count). The summed E-state index contributed by atoms with van der Waals surface area (Å²) in [6.07, 6.45) is 3.94. The lowest BCUT2D eigenvalue weighted by Gasteiger charge is -2.38. The van der Waals surface area contributed by atoms with Crippen LogP contribution < -0.4 is 0 Å². The van der Waals surface area contributed by atoms with Crippen molar-refractivity contribution in [3.8, 4) is 0 Å². The van der Waals surface area contributed by atoms with E-state index in [0.29, 0.717) is 5.02 Å². The van der Waals surface area contributed by atoms with Crippen LogP contribution in [0.4, 0.5) is 0 Å². The second-order valence-electron chi connectivity index (χ2n) is 5.95. The van der Waals surface area contributed by atoms with Gasteiger partial charge in [-0.05, 0) is 49.2 Å². The van der Waals surface area contributed by atoms with Crippen LogP contribution in [0.3, 0.4) is 0 Å². The lowest BCUT2D eigenvalue weighted by atomic mass is 9.74. The fraction of sp³-hybridized carbons (Fsp3) is 0.316. The van der Waals surface area contributed by atoms with Crippen LogP contribution in [0.2, 0.25) is 5.02 Å². The van der Waals surface area contributed by atoms with Crippen LogP contribution in [0.15, 0.2) is 54.6 Å². The fourth-order valence-electron chi connectivity index (χ4n) is 3.15. The van der Waals surface area contributed by atoms with E-state index in [1.54, 1.807) is 0 Å². The number of carbonyl (C=O) groups excluding carboxylic acids is 1. The molecule has 0 aliphatic carbocycles. The third-order valence-electron chi connectivity index (χ3n) is 4.55. The second-order valence-corrected chi connectivity index (χ2v) is 6.39. The van der Waals surface area contributed by atoms with Crippen molar-refractivity contribution in [3.63, 3.8) is 0 Å². The first kappa shape index (κ1) is 15.3. The average Bonchev–Trinajstić information content (AvgIpc) is 2.57. The molecule has 1 heterocycles. The third kappa shape index (κ3) is 3.23. The van der Waals surface area contributed by atoms with Crippen molar-refractivity contribution < 1.29 is 4.79 Å². The van der Waals surface area contributed by atoms with Crippen LogP contribution in [0, 0.1) is 0 Å². The van der Waals surface area contributed by atoms with E-state index in [4.69, 9.17) is 11.6 Å². The number of likely N-dealkylation sites (tertiary alicyclic amines) is 1. The summed E-state index contributed by atoms with van der Waals surface area (Å²) in [5.41, 5.74) is 1.88. The lowest BCUT2D eigenvalue weighted by Crippen LogP contribution is -2.43. The van der Waals surface area contributed by atoms with Crippen molar-refractivity contribution in [1.29, 1.82) is 0 Å². The summed E-state index contributed by atoms with van der Waals surface area (Å²) in [4.78, 5) is 14.1. The Morgan fingerprint density at radius 3 is 2.23 bits per heavy atom. The van der Waals surface area contributed by atoms with Gasteiger partial charge in [0.05, 0.1) is 5.41 Å². The van der Waals surface area contributed by atoms with Gasteiger partial charge in [-0.25, -0.2) is 0 Å². The van der Waals surface area contributed by atoms with Gasteiger partial charge in [0.15, 0.2) is 0 Å². The molecule has 1 radical (unpaired) electrons. The highest BCUT2D eigenvalue weighted by atomic mass is 35.5. The molecule has 0 aromatic heterocycles. The molecule has 0 unspecified atom stereocenters.